The van der Waals surface area contributed by atoms with Crippen molar-refractivity contribution >= 4 is 8.32 Å². The van der Waals surface area contributed by atoms with Crippen molar-refractivity contribution in [1.82, 2.24) is 0 Å². The van der Waals surface area contributed by atoms with E-state index in [2.05, 4.69) is 52.1 Å². The Hall–Kier alpha value is -0.463. The molecular weight excluding hydrogens is 332 g/mol. The number of hydrogen-bond acceptors (Lipinski definition) is 4. The van der Waals surface area contributed by atoms with E-state index in [1.54, 1.807) is 14.2 Å². The van der Waals surface area contributed by atoms with E-state index in [1.165, 1.54) is 0 Å². The molecule has 5 heteroatoms. The van der Waals surface area contributed by atoms with Gasteiger partial charge in [-0.15, -0.1) is 0 Å². The third-order valence-corrected chi connectivity index (χ3v) is 11.6. The van der Waals surface area contributed by atoms with Crippen molar-refractivity contribution < 1.29 is 19.0 Å². The Morgan fingerprint density at radius 3 is 2.32 bits per heavy atom. The lowest BCUT2D eigenvalue weighted by Crippen LogP contribution is -2.46. The highest BCUT2D eigenvalue weighted by Crippen LogP contribution is 2.59. The topological polar surface area (TPSA) is 47.9 Å². The Morgan fingerprint density at radius 2 is 1.80 bits per heavy atom. The Morgan fingerprint density at radius 1 is 1.16 bits per heavy atom. The van der Waals surface area contributed by atoms with Crippen molar-refractivity contribution in [3.8, 4) is 0 Å². The summed E-state index contributed by atoms with van der Waals surface area (Å²) in [5.74, 6) is -0.787. The van der Waals surface area contributed by atoms with Crippen LogP contribution in [0.15, 0.2) is 23.8 Å². The molecule has 0 aromatic rings. The van der Waals surface area contributed by atoms with Crippen LogP contribution in [0.4, 0.5) is 0 Å². The Labute approximate surface area is 153 Å². The second-order valence-corrected chi connectivity index (χ2v) is 14.2. The third-order valence-electron chi connectivity index (χ3n) is 7.07. The molecular formula is C20H34O4Si. The van der Waals surface area contributed by atoms with Crippen LogP contribution >= 0.6 is 0 Å². The molecule has 0 amide bonds. The van der Waals surface area contributed by atoms with Gasteiger partial charge in [0.05, 0.1) is 17.6 Å². The maximum Gasteiger partial charge on any atom is 0.192 e. The van der Waals surface area contributed by atoms with Gasteiger partial charge in [-0.1, -0.05) is 39.0 Å². The molecule has 142 valence electrons. The van der Waals surface area contributed by atoms with Crippen LogP contribution in [-0.4, -0.2) is 45.1 Å². The number of ether oxygens (including phenoxy) is 2. The average molecular weight is 367 g/mol. The second kappa shape index (κ2) is 6.03. The summed E-state index contributed by atoms with van der Waals surface area (Å²) in [7, 11) is 1.55. The molecule has 1 fully saturated rings. The van der Waals surface area contributed by atoms with Gasteiger partial charge >= 0.3 is 0 Å². The predicted octanol–water partition coefficient (Wildman–Crippen LogP) is 4.02. The number of rotatable bonds is 5. The second-order valence-electron chi connectivity index (χ2n) is 9.40. The number of hydrogen-bond donors (Lipinski definition) is 1. The maximum atomic E-state index is 11.5. The van der Waals surface area contributed by atoms with E-state index in [4.69, 9.17) is 13.9 Å². The van der Waals surface area contributed by atoms with E-state index in [0.717, 1.165) is 18.4 Å². The molecule has 4 nitrogen and oxygen atoms in total. The molecule has 0 spiro atoms. The van der Waals surface area contributed by atoms with E-state index in [9.17, 15) is 5.11 Å². The van der Waals surface area contributed by atoms with Crippen LogP contribution in [0, 0.1) is 11.8 Å². The van der Waals surface area contributed by atoms with Gasteiger partial charge in [0.1, 0.15) is 0 Å². The average Bonchev–Trinajstić information content (AvgIpc) is 3.17. The van der Waals surface area contributed by atoms with Crippen molar-refractivity contribution in [3.05, 3.63) is 23.8 Å². The van der Waals surface area contributed by atoms with Gasteiger partial charge in [-0.05, 0) is 43.0 Å². The van der Waals surface area contributed by atoms with Crippen molar-refractivity contribution in [2.24, 2.45) is 11.8 Å². The van der Waals surface area contributed by atoms with Crippen molar-refractivity contribution in [3.63, 3.8) is 0 Å². The molecule has 0 aliphatic heterocycles. The van der Waals surface area contributed by atoms with E-state index in [0.29, 0.717) is 6.42 Å². The molecule has 2 bridgehead atoms. The molecule has 0 radical (unpaired) electrons. The Bertz CT molecular complexity index is 585. The van der Waals surface area contributed by atoms with Crippen LogP contribution in [0.3, 0.4) is 0 Å². The first-order chi connectivity index (χ1) is 11.5. The molecule has 0 aromatic heterocycles. The fourth-order valence-electron chi connectivity index (χ4n) is 4.60. The quantitative estimate of drug-likeness (QED) is 0.453. The standard InChI is InChI=1S/C20H34O4Si/c1-18(2,3)25(6,7)24-16-10-8-14(12-16)19(21)13-15-9-11-17(19)20(15,22-4)23-5/h8-9,11,15-17,21H,10,12-13H2,1-7H3/t15-,16-,17-,19+/m0/s1. The normalized spacial score (nSPS) is 37.0. The smallest absolute Gasteiger partial charge is 0.192 e. The molecule has 1 saturated carbocycles. The minimum Gasteiger partial charge on any atom is -0.413 e. The van der Waals surface area contributed by atoms with Crippen LogP contribution in [0.5, 0.6) is 0 Å². The van der Waals surface area contributed by atoms with Gasteiger partial charge < -0.3 is 19.0 Å². The molecule has 25 heavy (non-hydrogen) atoms. The first kappa shape index (κ1) is 19.3. The van der Waals surface area contributed by atoms with Crippen molar-refractivity contribution in [1.29, 1.82) is 0 Å². The highest BCUT2D eigenvalue weighted by atomic mass is 28.4. The predicted molar refractivity (Wildman–Crippen MR) is 102 cm³/mol. The molecule has 4 atom stereocenters. The Kier molecular flexibility index (Phi) is 4.65. The molecule has 3 rings (SSSR count). The van der Waals surface area contributed by atoms with Crippen LogP contribution in [0.1, 0.15) is 40.0 Å². The van der Waals surface area contributed by atoms with Gasteiger partial charge in [-0.3, -0.25) is 0 Å². The minimum absolute atomic E-state index is 0.0961. The lowest BCUT2D eigenvalue weighted by atomic mass is 9.80. The summed E-state index contributed by atoms with van der Waals surface area (Å²) in [4.78, 5) is 0. The minimum atomic E-state index is -1.80. The zero-order valence-electron chi connectivity index (χ0n) is 16.8. The fourth-order valence-corrected chi connectivity index (χ4v) is 5.97. The van der Waals surface area contributed by atoms with Crippen LogP contribution in [0.2, 0.25) is 18.1 Å². The lowest BCUT2D eigenvalue weighted by molar-refractivity contribution is -0.238. The van der Waals surface area contributed by atoms with Gasteiger partial charge in [0.25, 0.3) is 0 Å². The van der Waals surface area contributed by atoms with Gasteiger partial charge in [-0.2, -0.15) is 0 Å². The summed E-state index contributed by atoms with van der Waals surface area (Å²) >= 11 is 0. The number of fused-ring (bicyclic) bond motifs is 2. The van der Waals surface area contributed by atoms with Gasteiger partial charge in [-0.25, -0.2) is 0 Å². The molecule has 0 saturated heterocycles. The van der Waals surface area contributed by atoms with E-state index in [-0.39, 0.29) is 23.0 Å². The summed E-state index contributed by atoms with van der Waals surface area (Å²) in [6, 6.07) is 0. The SMILES string of the molecule is COC1(OC)[C@H]2C=C[C@H]1C[C@@]2(O)C1=CC[C@H](O[Si](C)(C)C(C)(C)C)C1. The molecule has 0 unspecified atom stereocenters. The van der Waals surface area contributed by atoms with Crippen molar-refractivity contribution in [2.75, 3.05) is 14.2 Å². The van der Waals surface area contributed by atoms with Crippen molar-refractivity contribution in [2.45, 2.75) is 75.7 Å². The van der Waals surface area contributed by atoms with E-state index in [1.807, 2.05) is 0 Å². The highest BCUT2D eigenvalue weighted by Gasteiger charge is 2.65. The van der Waals surface area contributed by atoms with E-state index >= 15 is 0 Å². The molecule has 0 aromatic carbocycles. The largest absolute Gasteiger partial charge is 0.413 e. The summed E-state index contributed by atoms with van der Waals surface area (Å²) in [5.41, 5.74) is 0.225. The van der Waals surface area contributed by atoms with Gasteiger partial charge in [0, 0.05) is 20.1 Å². The van der Waals surface area contributed by atoms with Gasteiger partial charge in [0.15, 0.2) is 14.1 Å². The van der Waals surface area contributed by atoms with Crippen LogP contribution < -0.4 is 0 Å². The summed E-state index contributed by atoms with van der Waals surface area (Å²) in [6.45, 7) is 11.4. The summed E-state index contributed by atoms with van der Waals surface area (Å²) in [6.07, 6.45) is 8.94. The monoisotopic (exact) mass is 366 g/mol. The van der Waals surface area contributed by atoms with Crippen LogP contribution in [0.25, 0.3) is 0 Å². The zero-order valence-corrected chi connectivity index (χ0v) is 17.8. The summed E-state index contributed by atoms with van der Waals surface area (Å²) < 4.78 is 18.1. The molecule has 0 heterocycles. The molecule has 3 aliphatic rings. The molecule has 3 aliphatic carbocycles. The number of methoxy groups -OCH3 is 2. The highest BCUT2D eigenvalue weighted by molar-refractivity contribution is 6.74. The summed E-state index contributed by atoms with van der Waals surface area (Å²) in [5, 5.41) is 11.7. The Balaban J connectivity index is 1.74. The lowest BCUT2D eigenvalue weighted by Gasteiger charge is -2.39. The number of aliphatic hydroxyl groups is 1. The molecule has 1 N–H and O–H groups in total. The maximum absolute atomic E-state index is 11.5. The first-order valence-electron chi connectivity index (χ1n) is 9.38. The van der Waals surface area contributed by atoms with E-state index < -0.39 is 19.7 Å². The third kappa shape index (κ3) is 2.79. The van der Waals surface area contributed by atoms with Crippen LogP contribution in [-0.2, 0) is 13.9 Å². The van der Waals surface area contributed by atoms with Gasteiger partial charge in [0.2, 0.25) is 0 Å². The zero-order chi connectivity index (χ0) is 18.7. The fraction of sp³-hybridized carbons (Fsp3) is 0.800. The first-order valence-corrected chi connectivity index (χ1v) is 12.3.